The van der Waals surface area contributed by atoms with Crippen molar-refractivity contribution in [1.29, 1.82) is 0 Å². The first-order valence-corrected chi connectivity index (χ1v) is 5.94. The molecule has 0 aliphatic heterocycles. The highest BCUT2D eigenvalue weighted by atomic mass is 15.2. The number of nitrogens with one attached hydrogen (secondary N) is 1. The lowest BCUT2D eigenvalue weighted by Crippen LogP contribution is -1.95. The Morgan fingerprint density at radius 1 is 1.12 bits per heavy atom. The number of hydrogen-bond donors (Lipinski definition) is 1. The van der Waals surface area contributed by atoms with Crippen molar-refractivity contribution >= 4 is 5.82 Å². The van der Waals surface area contributed by atoms with E-state index in [1.165, 1.54) is 5.56 Å². The quantitative estimate of drug-likeness (QED) is 0.872. The summed E-state index contributed by atoms with van der Waals surface area (Å²) in [6.07, 6.45) is 2.27. The SMILES string of the molecule is CCCc1cccc(-c2ccc(NC)nn2)c1. The first kappa shape index (κ1) is 11.6. The molecule has 0 spiro atoms. The molecule has 0 aliphatic rings. The first-order chi connectivity index (χ1) is 8.33. The Kier molecular flexibility index (Phi) is 3.70. The second-order valence-electron chi connectivity index (χ2n) is 4.00. The standard InChI is InChI=1S/C14H17N3/c1-3-5-11-6-4-7-12(10-11)13-8-9-14(15-2)17-16-13/h4,6-10H,3,5H2,1-2H3,(H,15,17). The van der Waals surface area contributed by atoms with Gasteiger partial charge in [-0.3, -0.25) is 0 Å². The summed E-state index contributed by atoms with van der Waals surface area (Å²) in [7, 11) is 1.84. The molecule has 0 unspecified atom stereocenters. The van der Waals surface area contributed by atoms with Gasteiger partial charge < -0.3 is 5.32 Å². The van der Waals surface area contributed by atoms with E-state index in [4.69, 9.17) is 0 Å². The molecule has 0 atom stereocenters. The van der Waals surface area contributed by atoms with Crippen LogP contribution in [-0.2, 0) is 6.42 Å². The normalized spacial score (nSPS) is 10.2. The molecule has 1 aromatic carbocycles. The van der Waals surface area contributed by atoms with Gasteiger partial charge in [-0.1, -0.05) is 31.5 Å². The van der Waals surface area contributed by atoms with E-state index in [9.17, 15) is 0 Å². The molecule has 2 rings (SSSR count). The maximum Gasteiger partial charge on any atom is 0.148 e. The number of aryl methyl sites for hydroxylation is 1. The minimum atomic E-state index is 0.790. The summed E-state index contributed by atoms with van der Waals surface area (Å²) >= 11 is 0. The number of anilines is 1. The minimum Gasteiger partial charge on any atom is -0.372 e. The summed E-state index contributed by atoms with van der Waals surface area (Å²) in [6.45, 7) is 2.19. The molecule has 88 valence electrons. The molecular weight excluding hydrogens is 210 g/mol. The third-order valence-electron chi connectivity index (χ3n) is 2.68. The summed E-state index contributed by atoms with van der Waals surface area (Å²) in [5, 5.41) is 11.3. The fourth-order valence-electron chi connectivity index (χ4n) is 1.79. The number of benzene rings is 1. The van der Waals surface area contributed by atoms with Crippen LogP contribution in [0.1, 0.15) is 18.9 Å². The number of aromatic nitrogens is 2. The van der Waals surface area contributed by atoms with Gasteiger partial charge in [0, 0.05) is 12.6 Å². The van der Waals surface area contributed by atoms with Crippen molar-refractivity contribution in [2.24, 2.45) is 0 Å². The van der Waals surface area contributed by atoms with Crippen LogP contribution < -0.4 is 5.32 Å². The highest BCUT2D eigenvalue weighted by Gasteiger charge is 2.01. The average molecular weight is 227 g/mol. The molecule has 0 saturated heterocycles. The highest BCUT2D eigenvalue weighted by Crippen LogP contribution is 2.19. The third-order valence-corrected chi connectivity index (χ3v) is 2.68. The lowest BCUT2D eigenvalue weighted by molar-refractivity contribution is 0.921. The predicted molar refractivity (Wildman–Crippen MR) is 71.0 cm³/mol. The van der Waals surface area contributed by atoms with Crippen molar-refractivity contribution in [3.05, 3.63) is 42.0 Å². The van der Waals surface area contributed by atoms with E-state index in [2.05, 4.69) is 46.7 Å². The lowest BCUT2D eigenvalue weighted by Gasteiger charge is -2.04. The van der Waals surface area contributed by atoms with E-state index in [-0.39, 0.29) is 0 Å². The Morgan fingerprint density at radius 3 is 2.65 bits per heavy atom. The molecule has 3 heteroatoms. The van der Waals surface area contributed by atoms with E-state index >= 15 is 0 Å². The fraction of sp³-hybridized carbons (Fsp3) is 0.286. The van der Waals surface area contributed by atoms with Gasteiger partial charge in [0.1, 0.15) is 5.82 Å². The van der Waals surface area contributed by atoms with E-state index in [1.54, 1.807) is 0 Å². The van der Waals surface area contributed by atoms with Crippen LogP contribution in [0.3, 0.4) is 0 Å². The molecule has 1 heterocycles. The van der Waals surface area contributed by atoms with Crippen molar-refractivity contribution in [3.63, 3.8) is 0 Å². The largest absolute Gasteiger partial charge is 0.372 e. The summed E-state index contributed by atoms with van der Waals surface area (Å²) in [6, 6.07) is 12.4. The topological polar surface area (TPSA) is 37.8 Å². The van der Waals surface area contributed by atoms with Crippen molar-refractivity contribution in [3.8, 4) is 11.3 Å². The predicted octanol–water partition coefficient (Wildman–Crippen LogP) is 3.14. The molecule has 2 aromatic rings. The van der Waals surface area contributed by atoms with Crippen LogP contribution in [0.2, 0.25) is 0 Å². The van der Waals surface area contributed by atoms with Crippen LogP contribution >= 0.6 is 0 Å². The third kappa shape index (κ3) is 2.81. The Labute approximate surface area is 102 Å². The molecule has 0 bridgehead atoms. The molecule has 1 N–H and O–H groups in total. The summed E-state index contributed by atoms with van der Waals surface area (Å²) in [5.41, 5.74) is 3.40. The number of hydrogen-bond acceptors (Lipinski definition) is 3. The molecule has 1 aromatic heterocycles. The fourth-order valence-corrected chi connectivity index (χ4v) is 1.79. The van der Waals surface area contributed by atoms with Gasteiger partial charge in [0.25, 0.3) is 0 Å². The molecule has 0 amide bonds. The zero-order valence-electron chi connectivity index (χ0n) is 10.3. The van der Waals surface area contributed by atoms with Crippen molar-refractivity contribution in [2.75, 3.05) is 12.4 Å². The van der Waals surface area contributed by atoms with Gasteiger partial charge >= 0.3 is 0 Å². The summed E-state index contributed by atoms with van der Waals surface area (Å²) < 4.78 is 0. The van der Waals surface area contributed by atoms with E-state index in [0.717, 1.165) is 29.9 Å². The van der Waals surface area contributed by atoms with Crippen molar-refractivity contribution < 1.29 is 0 Å². The van der Waals surface area contributed by atoms with Crippen molar-refractivity contribution in [2.45, 2.75) is 19.8 Å². The van der Waals surface area contributed by atoms with E-state index in [0.29, 0.717) is 0 Å². The van der Waals surface area contributed by atoms with Crippen LogP contribution in [0.15, 0.2) is 36.4 Å². The van der Waals surface area contributed by atoms with Crippen LogP contribution in [0.4, 0.5) is 5.82 Å². The summed E-state index contributed by atoms with van der Waals surface area (Å²) in [5.74, 6) is 0.790. The van der Waals surface area contributed by atoms with Crippen LogP contribution in [0.25, 0.3) is 11.3 Å². The Bertz CT molecular complexity index is 477. The van der Waals surface area contributed by atoms with Gasteiger partial charge in [-0.2, -0.15) is 0 Å². The van der Waals surface area contributed by atoms with Crippen LogP contribution in [-0.4, -0.2) is 17.2 Å². The molecule has 0 radical (unpaired) electrons. The maximum absolute atomic E-state index is 4.21. The monoisotopic (exact) mass is 227 g/mol. The van der Waals surface area contributed by atoms with E-state index in [1.807, 2.05) is 19.2 Å². The smallest absolute Gasteiger partial charge is 0.148 e. The molecule has 17 heavy (non-hydrogen) atoms. The maximum atomic E-state index is 4.21. The average Bonchev–Trinajstić information content (AvgIpc) is 2.40. The zero-order chi connectivity index (χ0) is 12.1. The van der Waals surface area contributed by atoms with Crippen LogP contribution in [0, 0.1) is 0 Å². The molecular formula is C14H17N3. The van der Waals surface area contributed by atoms with Gasteiger partial charge in [-0.05, 0) is 30.2 Å². The van der Waals surface area contributed by atoms with Gasteiger partial charge in [-0.25, -0.2) is 0 Å². The first-order valence-electron chi connectivity index (χ1n) is 5.94. The molecule has 0 saturated carbocycles. The van der Waals surface area contributed by atoms with Gasteiger partial charge in [0.15, 0.2) is 0 Å². The number of nitrogens with zero attached hydrogens (tertiary/aromatic N) is 2. The Morgan fingerprint density at radius 2 is 2.00 bits per heavy atom. The van der Waals surface area contributed by atoms with Gasteiger partial charge in [0.05, 0.1) is 5.69 Å². The van der Waals surface area contributed by atoms with Gasteiger partial charge in [0.2, 0.25) is 0 Å². The molecule has 0 aliphatic carbocycles. The number of rotatable bonds is 4. The lowest BCUT2D eigenvalue weighted by atomic mass is 10.0. The minimum absolute atomic E-state index is 0.790. The highest BCUT2D eigenvalue weighted by molar-refractivity contribution is 5.60. The second kappa shape index (κ2) is 5.43. The van der Waals surface area contributed by atoms with E-state index < -0.39 is 0 Å². The summed E-state index contributed by atoms with van der Waals surface area (Å²) in [4.78, 5) is 0. The Hall–Kier alpha value is -1.90. The van der Waals surface area contributed by atoms with Gasteiger partial charge in [-0.15, -0.1) is 10.2 Å². The van der Waals surface area contributed by atoms with Crippen LogP contribution in [0.5, 0.6) is 0 Å². The zero-order valence-corrected chi connectivity index (χ0v) is 10.3. The van der Waals surface area contributed by atoms with Crippen molar-refractivity contribution in [1.82, 2.24) is 10.2 Å². The molecule has 3 nitrogen and oxygen atoms in total. The second-order valence-corrected chi connectivity index (χ2v) is 4.00. The Balaban J connectivity index is 2.28. The molecule has 0 fully saturated rings.